The lowest BCUT2D eigenvalue weighted by molar-refractivity contribution is -0.384. The molecule has 0 saturated carbocycles. The molecule has 0 unspecified atom stereocenters. The van der Waals surface area contributed by atoms with Gasteiger partial charge in [-0.25, -0.2) is 0 Å². The summed E-state index contributed by atoms with van der Waals surface area (Å²) in [6, 6.07) is 6.59. The van der Waals surface area contributed by atoms with Crippen molar-refractivity contribution in [1.82, 2.24) is 15.1 Å². The van der Waals surface area contributed by atoms with E-state index in [2.05, 4.69) is 10.4 Å². The molecule has 2 rings (SSSR count). The van der Waals surface area contributed by atoms with Crippen LogP contribution in [0.4, 0.5) is 5.69 Å². The van der Waals surface area contributed by atoms with Crippen molar-refractivity contribution in [3.05, 3.63) is 56.9 Å². The molecule has 0 saturated heterocycles. The Balaban J connectivity index is 1.94. The monoisotopic (exact) mass is 274 g/mol. The van der Waals surface area contributed by atoms with Gasteiger partial charge in [-0.1, -0.05) is 12.1 Å². The molecule has 1 heterocycles. The fraction of sp³-hybridized carbons (Fsp3) is 0.357. The van der Waals surface area contributed by atoms with Gasteiger partial charge in [-0.2, -0.15) is 5.10 Å². The van der Waals surface area contributed by atoms with Crippen molar-refractivity contribution in [3.63, 3.8) is 0 Å². The lowest BCUT2D eigenvalue weighted by Gasteiger charge is -2.05. The number of nitro benzene ring substituents is 1. The van der Waals surface area contributed by atoms with E-state index in [1.54, 1.807) is 12.1 Å². The smallest absolute Gasteiger partial charge is 0.269 e. The molecule has 0 amide bonds. The van der Waals surface area contributed by atoms with Crippen molar-refractivity contribution >= 4 is 5.69 Å². The summed E-state index contributed by atoms with van der Waals surface area (Å²) >= 11 is 0. The summed E-state index contributed by atoms with van der Waals surface area (Å²) in [6.45, 7) is 5.45. The van der Waals surface area contributed by atoms with Crippen molar-refractivity contribution in [1.29, 1.82) is 0 Å². The second-order valence-electron chi connectivity index (χ2n) is 4.80. The third-order valence-electron chi connectivity index (χ3n) is 3.44. The standard InChI is InChI=1S/C14H18N4O2/c1-10-14(11(2)17(3)16-10)9-15-8-12-4-6-13(7-5-12)18(19)20/h4-7,15H,8-9H2,1-3H3. The predicted molar refractivity (Wildman–Crippen MR) is 76.3 cm³/mol. The topological polar surface area (TPSA) is 73.0 Å². The van der Waals surface area contributed by atoms with Crippen LogP contribution >= 0.6 is 0 Å². The number of hydrogen-bond acceptors (Lipinski definition) is 4. The quantitative estimate of drug-likeness (QED) is 0.670. The van der Waals surface area contributed by atoms with Gasteiger partial charge < -0.3 is 5.32 Å². The Labute approximate surface area is 117 Å². The molecule has 1 N–H and O–H groups in total. The third-order valence-corrected chi connectivity index (χ3v) is 3.44. The lowest BCUT2D eigenvalue weighted by atomic mass is 10.1. The van der Waals surface area contributed by atoms with Gasteiger partial charge in [0, 0.05) is 43.5 Å². The number of benzene rings is 1. The van der Waals surface area contributed by atoms with E-state index in [9.17, 15) is 10.1 Å². The summed E-state index contributed by atoms with van der Waals surface area (Å²) in [6.07, 6.45) is 0. The maximum absolute atomic E-state index is 10.6. The molecule has 0 fully saturated rings. The summed E-state index contributed by atoms with van der Waals surface area (Å²) in [7, 11) is 1.93. The number of aromatic nitrogens is 2. The second kappa shape index (κ2) is 5.83. The molecule has 1 aromatic heterocycles. The molecular formula is C14H18N4O2. The van der Waals surface area contributed by atoms with E-state index in [4.69, 9.17) is 0 Å². The number of rotatable bonds is 5. The van der Waals surface area contributed by atoms with Crippen LogP contribution in [0.3, 0.4) is 0 Å². The van der Waals surface area contributed by atoms with E-state index < -0.39 is 0 Å². The molecule has 0 radical (unpaired) electrons. The molecule has 6 heteroatoms. The van der Waals surface area contributed by atoms with Gasteiger partial charge in [0.1, 0.15) is 0 Å². The minimum absolute atomic E-state index is 0.118. The minimum atomic E-state index is -0.389. The van der Waals surface area contributed by atoms with Gasteiger partial charge in [-0.3, -0.25) is 14.8 Å². The van der Waals surface area contributed by atoms with Crippen molar-refractivity contribution in [3.8, 4) is 0 Å². The number of aryl methyl sites for hydroxylation is 2. The molecule has 0 atom stereocenters. The largest absolute Gasteiger partial charge is 0.308 e. The zero-order valence-corrected chi connectivity index (χ0v) is 11.9. The average molecular weight is 274 g/mol. The molecular weight excluding hydrogens is 256 g/mol. The zero-order valence-electron chi connectivity index (χ0n) is 11.9. The molecule has 6 nitrogen and oxygen atoms in total. The lowest BCUT2D eigenvalue weighted by Crippen LogP contribution is -2.13. The van der Waals surface area contributed by atoms with Crippen LogP contribution in [0.5, 0.6) is 0 Å². The Kier molecular flexibility index (Phi) is 4.14. The normalized spacial score (nSPS) is 10.8. The third kappa shape index (κ3) is 3.03. The fourth-order valence-electron chi connectivity index (χ4n) is 2.14. The fourth-order valence-corrected chi connectivity index (χ4v) is 2.14. The maximum atomic E-state index is 10.6. The summed E-state index contributed by atoms with van der Waals surface area (Å²) in [4.78, 5) is 10.2. The highest BCUT2D eigenvalue weighted by molar-refractivity contribution is 5.33. The predicted octanol–water partition coefficient (Wildman–Crippen LogP) is 2.23. The van der Waals surface area contributed by atoms with Crippen LogP contribution in [0.1, 0.15) is 22.5 Å². The van der Waals surface area contributed by atoms with E-state index in [-0.39, 0.29) is 10.6 Å². The SMILES string of the molecule is Cc1nn(C)c(C)c1CNCc1ccc([N+](=O)[O-])cc1. The first-order valence-electron chi connectivity index (χ1n) is 6.42. The number of nitrogens with zero attached hydrogens (tertiary/aromatic N) is 3. The molecule has 0 bridgehead atoms. The van der Waals surface area contributed by atoms with Gasteiger partial charge in [0.15, 0.2) is 0 Å². The van der Waals surface area contributed by atoms with Crippen molar-refractivity contribution in [2.24, 2.45) is 7.05 Å². The van der Waals surface area contributed by atoms with E-state index in [0.717, 1.165) is 23.5 Å². The zero-order chi connectivity index (χ0) is 14.7. The van der Waals surface area contributed by atoms with Gasteiger partial charge >= 0.3 is 0 Å². The van der Waals surface area contributed by atoms with Gasteiger partial charge in [-0.05, 0) is 19.4 Å². The van der Waals surface area contributed by atoms with Gasteiger partial charge in [0.05, 0.1) is 10.6 Å². The molecule has 20 heavy (non-hydrogen) atoms. The van der Waals surface area contributed by atoms with Gasteiger partial charge in [-0.15, -0.1) is 0 Å². The van der Waals surface area contributed by atoms with Crippen molar-refractivity contribution < 1.29 is 4.92 Å². The number of nitrogens with one attached hydrogen (secondary N) is 1. The highest BCUT2D eigenvalue weighted by atomic mass is 16.6. The highest BCUT2D eigenvalue weighted by Gasteiger charge is 2.08. The summed E-state index contributed by atoms with van der Waals surface area (Å²) in [5, 5.41) is 18.3. The van der Waals surface area contributed by atoms with Crippen LogP contribution in [0.15, 0.2) is 24.3 Å². The van der Waals surface area contributed by atoms with Crippen LogP contribution < -0.4 is 5.32 Å². The van der Waals surface area contributed by atoms with Crippen LogP contribution in [0.25, 0.3) is 0 Å². The summed E-state index contributed by atoms with van der Waals surface area (Å²) < 4.78 is 1.87. The van der Waals surface area contributed by atoms with Gasteiger partial charge in [0.2, 0.25) is 0 Å². The van der Waals surface area contributed by atoms with E-state index in [1.165, 1.54) is 17.7 Å². The van der Waals surface area contributed by atoms with Crippen molar-refractivity contribution in [2.45, 2.75) is 26.9 Å². The molecule has 0 spiro atoms. The maximum Gasteiger partial charge on any atom is 0.269 e. The first-order valence-corrected chi connectivity index (χ1v) is 6.42. The Bertz CT molecular complexity index is 617. The Morgan fingerprint density at radius 2 is 1.90 bits per heavy atom. The number of nitro groups is 1. The van der Waals surface area contributed by atoms with Crippen LogP contribution in [0.2, 0.25) is 0 Å². The van der Waals surface area contributed by atoms with E-state index in [1.807, 2.05) is 25.6 Å². The van der Waals surface area contributed by atoms with Crippen molar-refractivity contribution in [2.75, 3.05) is 0 Å². The second-order valence-corrected chi connectivity index (χ2v) is 4.80. The van der Waals surface area contributed by atoms with E-state index in [0.29, 0.717) is 6.54 Å². The molecule has 0 aliphatic rings. The molecule has 1 aromatic carbocycles. The average Bonchev–Trinajstić information content (AvgIpc) is 2.65. The first-order chi connectivity index (χ1) is 9.49. The van der Waals surface area contributed by atoms with Crippen LogP contribution in [-0.2, 0) is 20.1 Å². The van der Waals surface area contributed by atoms with Crippen LogP contribution in [0, 0.1) is 24.0 Å². The van der Waals surface area contributed by atoms with E-state index >= 15 is 0 Å². The Morgan fingerprint density at radius 1 is 1.25 bits per heavy atom. The number of non-ortho nitro benzene ring substituents is 1. The molecule has 2 aromatic rings. The van der Waals surface area contributed by atoms with Gasteiger partial charge in [0.25, 0.3) is 5.69 Å². The summed E-state index contributed by atoms with van der Waals surface area (Å²) in [5.41, 5.74) is 4.52. The summed E-state index contributed by atoms with van der Waals surface area (Å²) in [5.74, 6) is 0. The number of hydrogen-bond donors (Lipinski definition) is 1. The highest BCUT2D eigenvalue weighted by Crippen LogP contribution is 2.13. The Hall–Kier alpha value is -2.21. The van der Waals surface area contributed by atoms with Crippen LogP contribution in [-0.4, -0.2) is 14.7 Å². The Morgan fingerprint density at radius 3 is 2.40 bits per heavy atom. The first kappa shape index (κ1) is 14.2. The molecule has 0 aliphatic heterocycles. The molecule has 106 valence electrons. The minimum Gasteiger partial charge on any atom is -0.308 e. The molecule has 0 aliphatic carbocycles.